The highest BCUT2D eigenvalue weighted by Crippen LogP contribution is 2.23. The first-order valence-electron chi connectivity index (χ1n) is 8.83. The Hall–Kier alpha value is -1.68. The van der Waals surface area contributed by atoms with Crippen molar-refractivity contribution in [3.63, 3.8) is 0 Å². The molecule has 1 aromatic carbocycles. The van der Waals surface area contributed by atoms with Crippen LogP contribution in [0.3, 0.4) is 0 Å². The van der Waals surface area contributed by atoms with Gasteiger partial charge in [-0.3, -0.25) is 4.79 Å². The molecule has 9 heteroatoms. The number of carbonyl (C=O) groups excluding carboxylic acids is 1. The van der Waals surface area contributed by atoms with Crippen LogP contribution in [-0.2, 0) is 19.0 Å². The summed E-state index contributed by atoms with van der Waals surface area (Å²) < 4.78 is 59.8. The molecule has 0 atom stereocenters. The van der Waals surface area contributed by atoms with E-state index < -0.39 is 29.2 Å². The molecule has 0 spiro atoms. The van der Waals surface area contributed by atoms with E-state index in [-0.39, 0.29) is 19.6 Å². The zero-order valence-electron chi connectivity index (χ0n) is 15.2. The Morgan fingerprint density at radius 2 is 1.37 bits per heavy atom. The van der Waals surface area contributed by atoms with Gasteiger partial charge in [0, 0.05) is 18.7 Å². The molecular formula is C18H26F3NO5. The number of hydrogen-bond donors (Lipinski definition) is 1. The number of nitrogens with two attached hydrogens (primary N) is 1. The summed E-state index contributed by atoms with van der Waals surface area (Å²) in [6.45, 7) is 2.88. The highest BCUT2D eigenvalue weighted by Gasteiger charge is 2.16. The third-order valence-electron chi connectivity index (χ3n) is 3.37. The van der Waals surface area contributed by atoms with Crippen molar-refractivity contribution >= 4 is 5.97 Å². The van der Waals surface area contributed by atoms with Crippen LogP contribution in [0.2, 0.25) is 0 Å². The summed E-state index contributed by atoms with van der Waals surface area (Å²) in [6, 6.07) is 0.868. The number of carbonyl (C=O) groups is 1. The van der Waals surface area contributed by atoms with E-state index >= 15 is 0 Å². The molecule has 1 aromatic rings. The maximum Gasteiger partial charge on any atom is 0.313 e. The van der Waals surface area contributed by atoms with Crippen LogP contribution in [0, 0.1) is 17.5 Å². The minimum absolute atomic E-state index is 0.00424. The second-order valence-corrected chi connectivity index (χ2v) is 5.61. The first kappa shape index (κ1) is 23.4. The quantitative estimate of drug-likeness (QED) is 0.280. The minimum atomic E-state index is -1.28. The van der Waals surface area contributed by atoms with Gasteiger partial charge < -0.3 is 24.7 Å². The molecule has 0 aliphatic rings. The smallest absolute Gasteiger partial charge is 0.313 e. The second-order valence-electron chi connectivity index (χ2n) is 5.61. The van der Waals surface area contributed by atoms with Crippen molar-refractivity contribution in [3.8, 4) is 5.75 Å². The van der Waals surface area contributed by atoms with E-state index in [0.717, 1.165) is 19.3 Å². The van der Waals surface area contributed by atoms with Crippen LogP contribution >= 0.6 is 0 Å². The molecule has 2 N–H and O–H groups in total. The first-order valence-corrected chi connectivity index (χ1v) is 8.83. The molecular weight excluding hydrogens is 367 g/mol. The van der Waals surface area contributed by atoms with Gasteiger partial charge in [0.15, 0.2) is 11.6 Å². The monoisotopic (exact) mass is 393 g/mol. The topological polar surface area (TPSA) is 80.0 Å². The van der Waals surface area contributed by atoms with E-state index in [1.165, 1.54) is 0 Å². The maximum atomic E-state index is 13.3. The lowest BCUT2D eigenvalue weighted by Gasteiger charge is -2.08. The Morgan fingerprint density at radius 3 is 1.96 bits per heavy atom. The Balaban J connectivity index is 1.99. The Labute approximate surface area is 156 Å². The van der Waals surface area contributed by atoms with Gasteiger partial charge in [-0.25, -0.2) is 13.2 Å². The average molecular weight is 393 g/mol. The number of rotatable bonds is 15. The summed E-state index contributed by atoms with van der Waals surface area (Å²) >= 11 is 0. The van der Waals surface area contributed by atoms with E-state index in [9.17, 15) is 18.0 Å². The minimum Gasteiger partial charge on any atom is -0.420 e. The molecule has 0 unspecified atom stereocenters. The van der Waals surface area contributed by atoms with Crippen LogP contribution in [0.25, 0.3) is 0 Å². The third-order valence-corrected chi connectivity index (χ3v) is 3.37. The van der Waals surface area contributed by atoms with E-state index in [0.29, 0.717) is 45.1 Å². The van der Waals surface area contributed by atoms with Crippen molar-refractivity contribution in [3.05, 3.63) is 29.6 Å². The Bertz CT molecular complexity index is 537. The second kappa shape index (κ2) is 14.4. The van der Waals surface area contributed by atoms with Crippen molar-refractivity contribution < 1.29 is 36.9 Å². The molecule has 0 aliphatic carbocycles. The molecule has 27 heavy (non-hydrogen) atoms. The number of hydrogen-bond acceptors (Lipinski definition) is 6. The van der Waals surface area contributed by atoms with Crippen molar-refractivity contribution in [2.75, 3.05) is 46.2 Å². The van der Waals surface area contributed by atoms with Crippen molar-refractivity contribution in [1.82, 2.24) is 0 Å². The fourth-order valence-corrected chi connectivity index (χ4v) is 2.01. The first-order chi connectivity index (χ1) is 13.0. The highest BCUT2D eigenvalue weighted by molar-refractivity contribution is 5.72. The zero-order valence-corrected chi connectivity index (χ0v) is 15.2. The molecule has 154 valence electrons. The standard InChI is InChI=1S/C18H26F3NO5/c19-14-12-15(20)18(16(21)13-14)27-17(23)4-7-25-9-11-26-10-8-24-6-3-1-2-5-22/h12-13H,1-11,22H2. The molecule has 0 aromatic heterocycles. The van der Waals surface area contributed by atoms with Gasteiger partial charge in [0.05, 0.1) is 39.5 Å². The van der Waals surface area contributed by atoms with Crippen molar-refractivity contribution in [2.45, 2.75) is 25.7 Å². The van der Waals surface area contributed by atoms with Crippen LogP contribution in [0.5, 0.6) is 5.75 Å². The van der Waals surface area contributed by atoms with E-state index in [1.807, 2.05) is 0 Å². The maximum absolute atomic E-state index is 13.3. The van der Waals surface area contributed by atoms with Gasteiger partial charge in [-0.1, -0.05) is 0 Å². The van der Waals surface area contributed by atoms with Gasteiger partial charge in [0.25, 0.3) is 0 Å². The van der Waals surface area contributed by atoms with Gasteiger partial charge in [-0.15, -0.1) is 0 Å². The summed E-state index contributed by atoms with van der Waals surface area (Å²) in [5, 5.41) is 0. The average Bonchev–Trinajstić information content (AvgIpc) is 2.62. The van der Waals surface area contributed by atoms with Gasteiger partial charge in [-0.05, 0) is 25.8 Å². The molecule has 0 bridgehead atoms. The summed E-state index contributed by atoms with van der Waals surface area (Å²) in [7, 11) is 0. The van der Waals surface area contributed by atoms with Gasteiger partial charge in [0.1, 0.15) is 5.82 Å². The van der Waals surface area contributed by atoms with Crippen LogP contribution < -0.4 is 10.5 Å². The predicted molar refractivity (Wildman–Crippen MR) is 91.9 cm³/mol. The highest BCUT2D eigenvalue weighted by atomic mass is 19.1. The van der Waals surface area contributed by atoms with Gasteiger partial charge >= 0.3 is 5.97 Å². The summed E-state index contributed by atoms with van der Waals surface area (Å²) in [4.78, 5) is 11.5. The molecule has 0 aliphatic heterocycles. The fourth-order valence-electron chi connectivity index (χ4n) is 2.01. The van der Waals surface area contributed by atoms with E-state index in [2.05, 4.69) is 4.74 Å². The lowest BCUT2D eigenvalue weighted by Crippen LogP contribution is -2.15. The number of ether oxygens (including phenoxy) is 4. The van der Waals surface area contributed by atoms with Crippen LogP contribution in [0.15, 0.2) is 12.1 Å². The zero-order chi connectivity index (χ0) is 19.9. The lowest BCUT2D eigenvalue weighted by atomic mass is 10.2. The fraction of sp³-hybridized carbons (Fsp3) is 0.611. The van der Waals surface area contributed by atoms with E-state index in [1.54, 1.807) is 0 Å². The largest absolute Gasteiger partial charge is 0.420 e. The Morgan fingerprint density at radius 1 is 0.815 bits per heavy atom. The number of benzene rings is 1. The van der Waals surface area contributed by atoms with Crippen molar-refractivity contribution in [1.29, 1.82) is 0 Å². The molecule has 1 rings (SSSR count). The number of unbranched alkanes of at least 4 members (excludes halogenated alkanes) is 2. The van der Waals surface area contributed by atoms with Crippen LogP contribution in [0.1, 0.15) is 25.7 Å². The summed E-state index contributed by atoms with van der Waals surface area (Å²) in [6.07, 6.45) is 2.82. The molecule has 0 heterocycles. The molecule has 0 radical (unpaired) electrons. The predicted octanol–water partition coefficient (Wildman–Crippen LogP) is 2.58. The molecule has 0 fully saturated rings. The molecule has 0 saturated carbocycles. The number of halogens is 3. The summed E-state index contributed by atoms with van der Waals surface area (Å²) in [5.74, 6) is -5.46. The SMILES string of the molecule is NCCCCCOCCOCCOCCC(=O)Oc1c(F)cc(F)cc1F. The van der Waals surface area contributed by atoms with Gasteiger partial charge in [0.2, 0.25) is 5.75 Å². The number of esters is 1. The third kappa shape index (κ3) is 10.9. The molecule has 6 nitrogen and oxygen atoms in total. The van der Waals surface area contributed by atoms with Crippen LogP contribution in [0.4, 0.5) is 13.2 Å². The molecule has 0 amide bonds. The summed E-state index contributed by atoms with van der Waals surface area (Å²) in [5.41, 5.74) is 5.39. The van der Waals surface area contributed by atoms with Crippen molar-refractivity contribution in [2.24, 2.45) is 5.73 Å². The lowest BCUT2D eigenvalue weighted by molar-refractivity contribution is -0.136. The molecule has 0 saturated heterocycles. The normalized spacial score (nSPS) is 11.0. The van der Waals surface area contributed by atoms with Crippen LogP contribution in [-0.4, -0.2) is 52.2 Å². The van der Waals surface area contributed by atoms with E-state index in [4.69, 9.17) is 19.9 Å². The Kier molecular flexibility index (Phi) is 12.4. The van der Waals surface area contributed by atoms with Gasteiger partial charge in [-0.2, -0.15) is 0 Å².